The highest BCUT2D eigenvalue weighted by Gasteiger charge is 2.31. The van der Waals surface area contributed by atoms with Gasteiger partial charge in [0.15, 0.2) is 0 Å². The predicted molar refractivity (Wildman–Crippen MR) is 124 cm³/mol. The van der Waals surface area contributed by atoms with Crippen LogP contribution in [0.1, 0.15) is 35.7 Å². The highest BCUT2D eigenvalue weighted by Crippen LogP contribution is 2.29. The van der Waals surface area contributed by atoms with Gasteiger partial charge in [-0.3, -0.25) is 9.69 Å². The number of hydrogen-bond acceptors (Lipinski definition) is 5. The molecule has 0 aromatic heterocycles. The summed E-state index contributed by atoms with van der Waals surface area (Å²) in [6, 6.07) is 14.3. The molecule has 1 amide bonds. The highest BCUT2D eigenvalue weighted by molar-refractivity contribution is 7.89. The first-order valence-electron chi connectivity index (χ1n) is 11.3. The molecule has 0 radical (unpaired) electrons. The third kappa shape index (κ3) is 4.45. The van der Waals surface area contributed by atoms with Crippen molar-refractivity contribution in [1.29, 1.82) is 0 Å². The number of carbonyl (C=O) groups is 1. The number of carbonyl (C=O) groups excluding carboxylic acids is 1. The number of fused-ring (bicyclic) bond motifs is 1. The number of nitrogens with zero attached hydrogens (tertiary/aromatic N) is 3. The Hall–Kier alpha value is -2.26. The summed E-state index contributed by atoms with van der Waals surface area (Å²) >= 11 is 0. The van der Waals surface area contributed by atoms with Crippen molar-refractivity contribution in [2.75, 3.05) is 44.2 Å². The van der Waals surface area contributed by atoms with E-state index >= 15 is 0 Å². The maximum atomic E-state index is 13.3. The number of amides is 1. The molecular weight excluding hydrogens is 426 g/mol. The molecule has 2 aromatic rings. The number of piperazine rings is 1. The molecule has 7 nitrogen and oxygen atoms in total. The molecule has 0 aliphatic carbocycles. The molecule has 32 heavy (non-hydrogen) atoms. The summed E-state index contributed by atoms with van der Waals surface area (Å²) in [4.78, 5) is 17.3. The van der Waals surface area contributed by atoms with Crippen LogP contribution in [0, 0.1) is 0 Å². The lowest BCUT2D eigenvalue weighted by molar-refractivity contribution is 0.0881. The third-order valence-electron chi connectivity index (χ3n) is 6.55. The zero-order valence-electron chi connectivity index (χ0n) is 18.5. The Kier molecular flexibility index (Phi) is 6.95. The van der Waals surface area contributed by atoms with E-state index in [0.29, 0.717) is 38.3 Å². The van der Waals surface area contributed by atoms with Crippen LogP contribution in [0.3, 0.4) is 0 Å². The SMILES string of the molecule is CCC(CO)N1CCN(S(=O)(=O)c2cccc(C(=O)N3CCCc4ccccc43)c2)CC1. The van der Waals surface area contributed by atoms with Gasteiger partial charge in [0.2, 0.25) is 10.0 Å². The van der Waals surface area contributed by atoms with E-state index in [0.717, 1.165) is 30.5 Å². The van der Waals surface area contributed by atoms with Gasteiger partial charge in [0.25, 0.3) is 5.91 Å². The molecule has 0 spiro atoms. The number of benzene rings is 2. The number of hydrogen-bond donors (Lipinski definition) is 1. The Morgan fingerprint density at radius 3 is 2.50 bits per heavy atom. The van der Waals surface area contributed by atoms with Crippen LogP contribution in [0.2, 0.25) is 0 Å². The number of para-hydroxylation sites is 1. The number of anilines is 1. The second kappa shape index (κ2) is 9.70. The summed E-state index contributed by atoms with van der Waals surface area (Å²) in [6.45, 7) is 4.63. The van der Waals surface area contributed by atoms with Crippen LogP contribution in [-0.2, 0) is 16.4 Å². The van der Waals surface area contributed by atoms with Gasteiger partial charge in [-0.1, -0.05) is 31.2 Å². The summed E-state index contributed by atoms with van der Waals surface area (Å²) in [6.07, 6.45) is 2.65. The van der Waals surface area contributed by atoms with Gasteiger partial charge in [0, 0.05) is 50.0 Å². The van der Waals surface area contributed by atoms with Crippen LogP contribution in [0.15, 0.2) is 53.4 Å². The zero-order valence-corrected chi connectivity index (χ0v) is 19.3. The first-order chi connectivity index (χ1) is 15.5. The van der Waals surface area contributed by atoms with Crippen LogP contribution in [-0.4, -0.2) is 74.0 Å². The molecule has 0 bridgehead atoms. The smallest absolute Gasteiger partial charge is 0.258 e. The Morgan fingerprint density at radius 1 is 1.03 bits per heavy atom. The maximum Gasteiger partial charge on any atom is 0.258 e. The lowest BCUT2D eigenvalue weighted by Crippen LogP contribution is -2.52. The Labute approximate surface area is 190 Å². The average Bonchev–Trinajstić information content (AvgIpc) is 2.84. The predicted octanol–water partition coefficient (Wildman–Crippen LogP) is 2.36. The number of rotatable bonds is 6. The lowest BCUT2D eigenvalue weighted by atomic mass is 10.0. The lowest BCUT2D eigenvalue weighted by Gasteiger charge is -2.37. The van der Waals surface area contributed by atoms with Crippen LogP contribution >= 0.6 is 0 Å². The number of sulfonamides is 1. The van der Waals surface area contributed by atoms with Crippen molar-refractivity contribution in [1.82, 2.24) is 9.21 Å². The molecule has 172 valence electrons. The van der Waals surface area contributed by atoms with Crippen LogP contribution in [0.4, 0.5) is 5.69 Å². The van der Waals surface area contributed by atoms with E-state index < -0.39 is 10.0 Å². The number of aliphatic hydroxyl groups is 1. The second-order valence-electron chi connectivity index (χ2n) is 8.40. The monoisotopic (exact) mass is 457 g/mol. The largest absolute Gasteiger partial charge is 0.395 e. The van der Waals surface area contributed by atoms with Gasteiger partial charge < -0.3 is 10.0 Å². The molecule has 1 atom stereocenters. The van der Waals surface area contributed by atoms with Gasteiger partial charge in [-0.05, 0) is 49.1 Å². The molecule has 2 aromatic carbocycles. The van der Waals surface area contributed by atoms with Crippen LogP contribution in [0.25, 0.3) is 0 Å². The van der Waals surface area contributed by atoms with Crippen molar-refractivity contribution < 1.29 is 18.3 Å². The maximum absolute atomic E-state index is 13.3. The second-order valence-corrected chi connectivity index (χ2v) is 10.3. The molecule has 1 fully saturated rings. The van der Waals surface area contributed by atoms with Crippen molar-refractivity contribution in [2.24, 2.45) is 0 Å². The molecule has 2 aliphatic rings. The van der Waals surface area contributed by atoms with E-state index in [1.54, 1.807) is 23.1 Å². The van der Waals surface area contributed by atoms with E-state index in [-0.39, 0.29) is 23.5 Å². The Bertz CT molecular complexity index is 1060. The normalized spacial score (nSPS) is 18.9. The first kappa shape index (κ1) is 22.9. The number of aliphatic hydroxyl groups excluding tert-OH is 1. The zero-order chi connectivity index (χ0) is 22.7. The summed E-state index contributed by atoms with van der Waals surface area (Å²) in [5.74, 6) is -0.173. The molecular formula is C24H31N3O4S. The molecule has 1 N–H and O–H groups in total. The van der Waals surface area contributed by atoms with Gasteiger partial charge >= 0.3 is 0 Å². The van der Waals surface area contributed by atoms with Crippen molar-refractivity contribution >= 4 is 21.6 Å². The quantitative estimate of drug-likeness (QED) is 0.720. The van der Waals surface area contributed by atoms with Gasteiger partial charge in [-0.2, -0.15) is 4.31 Å². The topological polar surface area (TPSA) is 81.2 Å². The van der Waals surface area contributed by atoms with E-state index in [1.165, 1.54) is 10.4 Å². The third-order valence-corrected chi connectivity index (χ3v) is 8.44. The molecule has 2 aliphatic heterocycles. The Morgan fingerprint density at radius 2 is 1.78 bits per heavy atom. The van der Waals surface area contributed by atoms with Crippen molar-refractivity contribution in [3.63, 3.8) is 0 Å². The Balaban J connectivity index is 1.53. The van der Waals surface area contributed by atoms with Crippen molar-refractivity contribution in [3.8, 4) is 0 Å². The average molecular weight is 458 g/mol. The van der Waals surface area contributed by atoms with Gasteiger partial charge in [0.1, 0.15) is 0 Å². The summed E-state index contributed by atoms with van der Waals surface area (Å²) < 4.78 is 28.1. The summed E-state index contributed by atoms with van der Waals surface area (Å²) in [5.41, 5.74) is 2.43. The van der Waals surface area contributed by atoms with Crippen LogP contribution in [0.5, 0.6) is 0 Å². The fourth-order valence-corrected chi connectivity index (χ4v) is 6.12. The minimum absolute atomic E-state index is 0.0632. The van der Waals surface area contributed by atoms with Crippen molar-refractivity contribution in [2.45, 2.75) is 37.1 Å². The van der Waals surface area contributed by atoms with E-state index in [9.17, 15) is 18.3 Å². The van der Waals surface area contributed by atoms with Gasteiger partial charge in [-0.15, -0.1) is 0 Å². The summed E-state index contributed by atoms with van der Waals surface area (Å²) in [5, 5.41) is 9.52. The van der Waals surface area contributed by atoms with Crippen LogP contribution < -0.4 is 4.90 Å². The van der Waals surface area contributed by atoms with Gasteiger partial charge in [-0.25, -0.2) is 8.42 Å². The van der Waals surface area contributed by atoms with Crippen molar-refractivity contribution in [3.05, 3.63) is 59.7 Å². The molecule has 0 saturated carbocycles. The van der Waals surface area contributed by atoms with E-state index in [1.807, 2.05) is 31.2 Å². The molecule has 4 rings (SSSR count). The van der Waals surface area contributed by atoms with Gasteiger partial charge in [0.05, 0.1) is 11.5 Å². The van der Waals surface area contributed by atoms with E-state index in [4.69, 9.17) is 0 Å². The molecule has 1 saturated heterocycles. The molecule has 1 unspecified atom stereocenters. The molecule has 2 heterocycles. The molecule has 8 heteroatoms. The minimum Gasteiger partial charge on any atom is -0.395 e. The minimum atomic E-state index is -3.70. The van der Waals surface area contributed by atoms with E-state index in [2.05, 4.69) is 4.90 Å². The first-order valence-corrected chi connectivity index (χ1v) is 12.7. The fourth-order valence-electron chi connectivity index (χ4n) is 4.65. The number of aryl methyl sites for hydroxylation is 1. The summed E-state index contributed by atoms with van der Waals surface area (Å²) in [7, 11) is -3.70. The standard InChI is InChI=1S/C24H31N3O4S/c1-2-21(18-28)25-13-15-26(16-14-25)32(30,31)22-10-5-8-20(17-22)24(29)27-12-6-9-19-7-3-4-11-23(19)27/h3-5,7-8,10-11,17,21,28H,2,6,9,12-16,18H2,1H3. The fraction of sp³-hybridized carbons (Fsp3) is 0.458. The highest BCUT2D eigenvalue weighted by atomic mass is 32.2.